The zero-order valence-corrected chi connectivity index (χ0v) is 9.26. The third kappa shape index (κ3) is 2.97. The summed E-state index contributed by atoms with van der Waals surface area (Å²) in [5.41, 5.74) is 0. The van der Waals surface area contributed by atoms with Crippen LogP contribution in [0.25, 0.3) is 0 Å². The number of carbonyl (C=O) groups excluding carboxylic acids is 1. The zero-order chi connectivity index (χ0) is 12.0. The minimum atomic E-state index is -0.993. The van der Waals surface area contributed by atoms with Crippen molar-refractivity contribution >= 4 is 5.97 Å². The smallest absolute Gasteiger partial charge is 0.312 e. The van der Waals surface area contributed by atoms with Crippen LogP contribution in [0.15, 0.2) is 35.5 Å². The molecule has 0 radical (unpaired) electrons. The molecule has 4 heteroatoms. The van der Waals surface area contributed by atoms with Gasteiger partial charge >= 0.3 is 5.97 Å². The number of furan rings is 1. The van der Waals surface area contributed by atoms with Gasteiger partial charge in [-0.2, -0.15) is 0 Å². The zero-order valence-electron chi connectivity index (χ0n) is 9.26. The standard InChI is InChI=1S/C12H16O4/c1-3-6-9(12(14)15-4-2)11(13)10-7-5-8-16-10/h3,5,7-9,11,13H,1,4,6H2,2H3/t9-,11+/m0/s1. The monoisotopic (exact) mass is 224 g/mol. The van der Waals surface area contributed by atoms with Crippen LogP contribution in [0.5, 0.6) is 0 Å². The Labute approximate surface area is 94.5 Å². The van der Waals surface area contributed by atoms with Gasteiger partial charge < -0.3 is 14.3 Å². The molecule has 0 fully saturated rings. The highest BCUT2D eigenvalue weighted by molar-refractivity contribution is 5.73. The lowest BCUT2D eigenvalue weighted by molar-refractivity contribution is -0.152. The first kappa shape index (κ1) is 12.5. The van der Waals surface area contributed by atoms with E-state index in [0.717, 1.165) is 0 Å². The summed E-state index contributed by atoms with van der Waals surface area (Å²) < 4.78 is 9.95. The maximum absolute atomic E-state index is 11.6. The van der Waals surface area contributed by atoms with E-state index in [1.807, 2.05) is 0 Å². The minimum Gasteiger partial charge on any atom is -0.467 e. The van der Waals surface area contributed by atoms with E-state index in [4.69, 9.17) is 9.15 Å². The largest absolute Gasteiger partial charge is 0.467 e. The molecule has 0 spiro atoms. The van der Waals surface area contributed by atoms with Gasteiger partial charge in [-0.15, -0.1) is 6.58 Å². The highest BCUT2D eigenvalue weighted by atomic mass is 16.5. The van der Waals surface area contributed by atoms with Gasteiger partial charge in [0.05, 0.1) is 18.8 Å². The van der Waals surface area contributed by atoms with Crippen LogP contribution in [0.1, 0.15) is 25.2 Å². The molecule has 0 amide bonds. The summed E-state index contributed by atoms with van der Waals surface area (Å²) in [7, 11) is 0. The molecule has 1 heterocycles. The lowest BCUT2D eigenvalue weighted by Gasteiger charge is -2.18. The first-order valence-corrected chi connectivity index (χ1v) is 5.19. The molecule has 0 aliphatic carbocycles. The average molecular weight is 224 g/mol. The van der Waals surface area contributed by atoms with Crippen molar-refractivity contribution in [2.75, 3.05) is 6.61 Å². The fourth-order valence-corrected chi connectivity index (χ4v) is 1.44. The Morgan fingerprint density at radius 1 is 1.75 bits per heavy atom. The Morgan fingerprint density at radius 2 is 2.50 bits per heavy atom. The van der Waals surface area contributed by atoms with Crippen molar-refractivity contribution in [3.05, 3.63) is 36.8 Å². The molecule has 0 aromatic carbocycles. The SMILES string of the molecule is C=CC[C@H](C(=O)OCC)[C@@H](O)c1ccco1. The Kier molecular flexibility index (Phi) is 4.79. The molecule has 16 heavy (non-hydrogen) atoms. The molecule has 2 atom stereocenters. The Morgan fingerprint density at radius 3 is 3.00 bits per heavy atom. The van der Waals surface area contributed by atoms with E-state index in [1.165, 1.54) is 6.26 Å². The van der Waals surface area contributed by atoms with E-state index in [9.17, 15) is 9.90 Å². The summed E-state index contributed by atoms with van der Waals surface area (Å²) in [5, 5.41) is 9.95. The molecule has 4 nitrogen and oxygen atoms in total. The van der Waals surface area contributed by atoms with E-state index in [1.54, 1.807) is 25.1 Å². The highest BCUT2D eigenvalue weighted by Gasteiger charge is 2.29. The number of aliphatic hydroxyl groups is 1. The van der Waals surface area contributed by atoms with Gasteiger partial charge in [-0.25, -0.2) is 0 Å². The number of hydrogen-bond donors (Lipinski definition) is 1. The van der Waals surface area contributed by atoms with Crippen LogP contribution in [0.4, 0.5) is 0 Å². The average Bonchev–Trinajstić information content (AvgIpc) is 2.78. The molecule has 0 unspecified atom stereocenters. The topological polar surface area (TPSA) is 59.7 Å². The van der Waals surface area contributed by atoms with Gasteiger partial charge in [0.1, 0.15) is 11.9 Å². The third-order valence-corrected chi connectivity index (χ3v) is 2.23. The van der Waals surface area contributed by atoms with E-state index >= 15 is 0 Å². The maximum atomic E-state index is 11.6. The normalized spacial score (nSPS) is 14.1. The second-order valence-electron chi connectivity index (χ2n) is 3.34. The van der Waals surface area contributed by atoms with Gasteiger partial charge in [-0.1, -0.05) is 6.08 Å². The van der Waals surface area contributed by atoms with Gasteiger partial charge in [-0.05, 0) is 25.5 Å². The molecular formula is C12H16O4. The van der Waals surface area contributed by atoms with Gasteiger partial charge in [0.25, 0.3) is 0 Å². The predicted octanol–water partition coefficient (Wildman–Crippen LogP) is 2.07. The molecule has 0 bridgehead atoms. The molecule has 1 rings (SSSR count). The van der Waals surface area contributed by atoms with E-state index in [0.29, 0.717) is 12.2 Å². The number of ether oxygens (including phenoxy) is 1. The van der Waals surface area contributed by atoms with E-state index < -0.39 is 18.0 Å². The van der Waals surface area contributed by atoms with Crippen LogP contribution in [0.2, 0.25) is 0 Å². The molecule has 88 valence electrons. The third-order valence-electron chi connectivity index (χ3n) is 2.23. The van der Waals surface area contributed by atoms with E-state index in [-0.39, 0.29) is 6.61 Å². The van der Waals surface area contributed by atoms with Crippen molar-refractivity contribution in [3.63, 3.8) is 0 Å². The lowest BCUT2D eigenvalue weighted by Crippen LogP contribution is -2.24. The fraction of sp³-hybridized carbons (Fsp3) is 0.417. The fourth-order valence-electron chi connectivity index (χ4n) is 1.44. The summed E-state index contributed by atoms with van der Waals surface area (Å²) in [6.07, 6.45) is 2.38. The van der Waals surface area contributed by atoms with Crippen LogP contribution in [0.3, 0.4) is 0 Å². The summed E-state index contributed by atoms with van der Waals surface area (Å²) in [6.45, 7) is 5.57. The maximum Gasteiger partial charge on any atom is 0.312 e. The molecule has 1 aromatic rings. The van der Waals surface area contributed by atoms with Gasteiger partial charge in [0, 0.05) is 0 Å². The summed E-state index contributed by atoms with van der Waals surface area (Å²) in [4.78, 5) is 11.6. The van der Waals surface area contributed by atoms with Crippen LogP contribution in [0, 0.1) is 5.92 Å². The van der Waals surface area contributed by atoms with Crippen molar-refractivity contribution in [2.45, 2.75) is 19.4 Å². The van der Waals surface area contributed by atoms with Crippen LogP contribution >= 0.6 is 0 Å². The highest BCUT2D eigenvalue weighted by Crippen LogP contribution is 2.26. The van der Waals surface area contributed by atoms with Crippen molar-refractivity contribution in [1.82, 2.24) is 0 Å². The van der Waals surface area contributed by atoms with Crippen molar-refractivity contribution in [3.8, 4) is 0 Å². The quantitative estimate of drug-likeness (QED) is 0.593. The summed E-state index contributed by atoms with van der Waals surface area (Å²) in [5.74, 6) is -0.741. The molecule has 0 saturated heterocycles. The Bertz CT molecular complexity index is 329. The first-order chi connectivity index (χ1) is 7.70. The number of carbonyl (C=O) groups is 1. The van der Waals surface area contributed by atoms with Gasteiger partial charge in [0.15, 0.2) is 0 Å². The number of hydrogen-bond acceptors (Lipinski definition) is 4. The van der Waals surface area contributed by atoms with Gasteiger partial charge in [0.2, 0.25) is 0 Å². The van der Waals surface area contributed by atoms with Crippen molar-refractivity contribution in [2.24, 2.45) is 5.92 Å². The molecule has 0 aliphatic rings. The molecular weight excluding hydrogens is 208 g/mol. The van der Waals surface area contributed by atoms with Crippen molar-refractivity contribution in [1.29, 1.82) is 0 Å². The van der Waals surface area contributed by atoms with Crippen LogP contribution in [-0.4, -0.2) is 17.7 Å². The summed E-state index contributed by atoms with van der Waals surface area (Å²) >= 11 is 0. The number of aliphatic hydroxyl groups excluding tert-OH is 1. The predicted molar refractivity (Wildman–Crippen MR) is 58.6 cm³/mol. The van der Waals surface area contributed by atoms with Crippen LogP contribution < -0.4 is 0 Å². The summed E-state index contributed by atoms with van der Waals surface area (Å²) in [6, 6.07) is 3.29. The number of allylic oxidation sites excluding steroid dienone is 1. The second-order valence-corrected chi connectivity index (χ2v) is 3.34. The molecule has 0 aliphatic heterocycles. The first-order valence-electron chi connectivity index (χ1n) is 5.19. The second kappa shape index (κ2) is 6.12. The molecule has 1 aromatic heterocycles. The molecule has 1 N–H and O–H groups in total. The van der Waals surface area contributed by atoms with Gasteiger partial charge in [-0.3, -0.25) is 4.79 Å². The molecule has 0 saturated carbocycles. The lowest BCUT2D eigenvalue weighted by atomic mass is 9.97. The Hall–Kier alpha value is -1.55. The Balaban J connectivity index is 2.76. The van der Waals surface area contributed by atoms with Crippen LogP contribution in [-0.2, 0) is 9.53 Å². The number of esters is 1. The van der Waals surface area contributed by atoms with E-state index in [2.05, 4.69) is 6.58 Å². The number of rotatable bonds is 6. The van der Waals surface area contributed by atoms with Crippen molar-refractivity contribution < 1.29 is 19.1 Å². The minimum absolute atomic E-state index is 0.289.